The van der Waals surface area contributed by atoms with Crippen molar-refractivity contribution in [2.24, 2.45) is 5.41 Å². The fourth-order valence-electron chi connectivity index (χ4n) is 4.19. The van der Waals surface area contributed by atoms with Gasteiger partial charge < -0.3 is 14.5 Å². The smallest absolute Gasteiger partial charge is 0.444 e. The van der Waals surface area contributed by atoms with E-state index in [9.17, 15) is 27.2 Å². The maximum atomic E-state index is 13.4. The summed E-state index contributed by atoms with van der Waals surface area (Å²) in [7, 11) is 0. The number of hydrogen-bond acceptors (Lipinski definition) is 3. The molecule has 0 N–H and O–H groups in total. The maximum absolute atomic E-state index is 13.4. The van der Waals surface area contributed by atoms with Gasteiger partial charge in [-0.2, -0.15) is 13.2 Å². The Hall–Kier alpha value is -2.32. The van der Waals surface area contributed by atoms with Gasteiger partial charge in [-0.15, -0.1) is 0 Å². The Morgan fingerprint density at radius 2 is 1.66 bits per heavy atom. The molecule has 1 saturated carbocycles. The molecular formula is C23H30F4N2O3. The Morgan fingerprint density at radius 1 is 1.09 bits per heavy atom. The SMILES string of the molecule is CC(C)(C)OC(=O)N1CCC(Cc2ccc(F)cc2)(CN(C(=O)C(F)(F)F)C2CC2)CC1. The topological polar surface area (TPSA) is 49.9 Å². The number of hydrogen-bond donors (Lipinski definition) is 0. The van der Waals surface area contributed by atoms with Crippen molar-refractivity contribution in [1.82, 2.24) is 9.80 Å². The lowest BCUT2D eigenvalue weighted by molar-refractivity contribution is -0.188. The highest BCUT2D eigenvalue weighted by atomic mass is 19.4. The van der Waals surface area contributed by atoms with Crippen molar-refractivity contribution in [3.63, 3.8) is 0 Å². The number of carbonyl (C=O) groups is 2. The number of rotatable bonds is 5. The molecule has 1 saturated heterocycles. The summed E-state index contributed by atoms with van der Waals surface area (Å²) in [5, 5.41) is 0. The molecule has 0 atom stereocenters. The molecule has 1 heterocycles. The number of amides is 2. The van der Waals surface area contributed by atoms with Gasteiger partial charge in [0.25, 0.3) is 0 Å². The summed E-state index contributed by atoms with van der Waals surface area (Å²) in [5.41, 5.74) is -0.520. The maximum Gasteiger partial charge on any atom is 0.471 e. The molecule has 0 spiro atoms. The van der Waals surface area contributed by atoms with Gasteiger partial charge in [0.15, 0.2) is 0 Å². The largest absolute Gasteiger partial charge is 0.471 e. The van der Waals surface area contributed by atoms with E-state index in [-0.39, 0.29) is 6.54 Å². The molecular weight excluding hydrogens is 428 g/mol. The molecule has 2 aliphatic rings. The molecule has 1 aromatic carbocycles. The Bertz CT molecular complexity index is 821. The van der Waals surface area contributed by atoms with E-state index in [2.05, 4.69) is 0 Å². The summed E-state index contributed by atoms with van der Waals surface area (Å²) in [6, 6.07) is 5.46. The van der Waals surface area contributed by atoms with Crippen LogP contribution in [-0.2, 0) is 16.0 Å². The highest BCUT2D eigenvalue weighted by Gasteiger charge is 2.50. The van der Waals surface area contributed by atoms with Crippen LogP contribution in [0.25, 0.3) is 0 Å². The summed E-state index contributed by atoms with van der Waals surface area (Å²) >= 11 is 0. The van der Waals surface area contributed by atoms with Crippen molar-refractivity contribution in [2.45, 2.75) is 70.7 Å². The third-order valence-electron chi connectivity index (χ3n) is 5.96. The van der Waals surface area contributed by atoms with Crippen LogP contribution in [0.4, 0.5) is 22.4 Å². The lowest BCUT2D eigenvalue weighted by atomic mass is 9.73. The van der Waals surface area contributed by atoms with Crippen LogP contribution in [0.15, 0.2) is 24.3 Å². The van der Waals surface area contributed by atoms with E-state index in [4.69, 9.17) is 4.74 Å². The van der Waals surface area contributed by atoms with Crippen LogP contribution in [0, 0.1) is 11.2 Å². The van der Waals surface area contributed by atoms with Crippen LogP contribution in [0.1, 0.15) is 52.0 Å². The van der Waals surface area contributed by atoms with Crippen molar-refractivity contribution in [3.05, 3.63) is 35.6 Å². The summed E-state index contributed by atoms with van der Waals surface area (Å²) in [6.07, 6.45) is -3.06. The first-order valence-corrected chi connectivity index (χ1v) is 10.9. The first-order chi connectivity index (χ1) is 14.8. The number of ether oxygens (including phenoxy) is 1. The third-order valence-corrected chi connectivity index (χ3v) is 5.96. The molecule has 3 rings (SSSR count). The van der Waals surface area contributed by atoms with Gasteiger partial charge in [-0.05, 0) is 76.0 Å². The van der Waals surface area contributed by atoms with Crippen LogP contribution in [0.3, 0.4) is 0 Å². The standard InChI is InChI=1S/C23H30F4N2O3/c1-21(2,3)32-20(31)28-12-10-22(11-13-28,14-16-4-6-17(24)7-5-16)15-29(18-8-9-18)19(30)23(25,26)27/h4-7,18H,8-15H2,1-3H3. The molecule has 178 valence electrons. The normalized spacial score (nSPS) is 18.9. The van der Waals surface area contributed by atoms with Crippen LogP contribution in [0.5, 0.6) is 0 Å². The summed E-state index contributed by atoms with van der Waals surface area (Å²) < 4.78 is 58.6. The van der Waals surface area contributed by atoms with Gasteiger partial charge in [0.05, 0.1) is 0 Å². The summed E-state index contributed by atoms with van der Waals surface area (Å²) in [4.78, 5) is 27.1. The van der Waals surface area contributed by atoms with Gasteiger partial charge in [-0.25, -0.2) is 9.18 Å². The van der Waals surface area contributed by atoms with Gasteiger partial charge in [-0.1, -0.05) is 12.1 Å². The average molecular weight is 458 g/mol. The molecule has 1 aliphatic heterocycles. The molecule has 0 bridgehead atoms. The lowest BCUT2D eigenvalue weighted by Gasteiger charge is -2.45. The van der Waals surface area contributed by atoms with E-state index in [1.54, 1.807) is 37.8 Å². The van der Waals surface area contributed by atoms with Crippen molar-refractivity contribution in [1.29, 1.82) is 0 Å². The van der Waals surface area contributed by atoms with E-state index in [0.717, 1.165) is 10.5 Å². The number of piperidine rings is 1. The highest BCUT2D eigenvalue weighted by molar-refractivity contribution is 5.82. The van der Waals surface area contributed by atoms with Crippen molar-refractivity contribution >= 4 is 12.0 Å². The van der Waals surface area contributed by atoms with Crippen LogP contribution >= 0.6 is 0 Å². The number of carbonyl (C=O) groups excluding carboxylic acids is 2. The zero-order chi connectivity index (χ0) is 23.7. The number of benzene rings is 1. The second kappa shape index (κ2) is 8.90. The monoisotopic (exact) mass is 458 g/mol. The van der Waals surface area contributed by atoms with Crippen molar-refractivity contribution < 1.29 is 31.9 Å². The van der Waals surface area contributed by atoms with Crippen LogP contribution in [0.2, 0.25) is 0 Å². The molecule has 5 nitrogen and oxygen atoms in total. The zero-order valence-electron chi connectivity index (χ0n) is 18.7. The Balaban J connectivity index is 1.80. The quantitative estimate of drug-likeness (QED) is 0.588. The summed E-state index contributed by atoms with van der Waals surface area (Å²) in [5.74, 6) is -2.21. The number of alkyl halides is 3. The molecule has 2 amide bonds. The van der Waals surface area contributed by atoms with Gasteiger partial charge >= 0.3 is 18.2 Å². The Labute approximate surface area is 185 Å². The van der Waals surface area contributed by atoms with Crippen LogP contribution < -0.4 is 0 Å². The molecule has 1 aliphatic carbocycles. The second-order valence-electron chi connectivity index (χ2n) is 9.93. The third kappa shape index (κ3) is 6.36. The summed E-state index contributed by atoms with van der Waals surface area (Å²) in [6.45, 7) is 5.89. The van der Waals surface area contributed by atoms with Crippen LogP contribution in [-0.4, -0.2) is 59.3 Å². The second-order valence-corrected chi connectivity index (χ2v) is 9.93. The minimum Gasteiger partial charge on any atom is -0.444 e. The Kier molecular flexibility index (Phi) is 6.77. The van der Waals surface area contributed by atoms with Crippen molar-refractivity contribution in [3.8, 4) is 0 Å². The van der Waals surface area contributed by atoms with E-state index in [0.29, 0.717) is 45.2 Å². The van der Waals surface area contributed by atoms with Gasteiger partial charge in [0.2, 0.25) is 0 Å². The van der Waals surface area contributed by atoms with E-state index >= 15 is 0 Å². The minimum atomic E-state index is -4.93. The van der Waals surface area contributed by atoms with E-state index < -0.39 is 41.1 Å². The molecule has 0 radical (unpaired) electrons. The molecule has 0 aromatic heterocycles. The van der Waals surface area contributed by atoms with Gasteiger partial charge in [0, 0.05) is 25.7 Å². The number of nitrogens with zero attached hydrogens (tertiary/aromatic N) is 2. The zero-order valence-corrected chi connectivity index (χ0v) is 18.7. The van der Waals surface area contributed by atoms with E-state index in [1.807, 2.05) is 0 Å². The van der Waals surface area contributed by atoms with E-state index in [1.165, 1.54) is 12.1 Å². The molecule has 9 heteroatoms. The van der Waals surface area contributed by atoms with Gasteiger partial charge in [-0.3, -0.25) is 4.79 Å². The molecule has 0 unspecified atom stereocenters. The predicted octanol–water partition coefficient (Wildman–Crippen LogP) is 4.94. The fourth-order valence-corrected chi connectivity index (χ4v) is 4.19. The number of likely N-dealkylation sites (tertiary alicyclic amines) is 1. The highest BCUT2D eigenvalue weighted by Crippen LogP contribution is 2.41. The lowest BCUT2D eigenvalue weighted by Crippen LogP contribution is -2.53. The first-order valence-electron chi connectivity index (χ1n) is 10.9. The number of halogens is 4. The first kappa shape index (κ1) is 24.3. The van der Waals surface area contributed by atoms with Crippen molar-refractivity contribution in [2.75, 3.05) is 19.6 Å². The molecule has 2 fully saturated rings. The van der Waals surface area contributed by atoms with Gasteiger partial charge in [0.1, 0.15) is 11.4 Å². The fraction of sp³-hybridized carbons (Fsp3) is 0.652. The predicted molar refractivity (Wildman–Crippen MR) is 110 cm³/mol. The minimum absolute atomic E-state index is 0.0461. The average Bonchev–Trinajstić information content (AvgIpc) is 3.51. The molecule has 32 heavy (non-hydrogen) atoms. The Morgan fingerprint density at radius 3 is 2.12 bits per heavy atom. The molecule has 1 aromatic rings.